The highest BCUT2D eigenvalue weighted by molar-refractivity contribution is 9.11. The first-order chi connectivity index (χ1) is 9.56. The number of aliphatic hydroxyl groups excluding tert-OH is 1. The van der Waals surface area contributed by atoms with Gasteiger partial charge in [-0.25, -0.2) is 4.79 Å². The van der Waals surface area contributed by atoms with E-state index in [1.807, 2.05) is 6.07 Å². The van der Waals surface area contributed by atoms with Crippen molar-refractivity contribution in [2.45, 2.75) is 31.3 Å². The Morgan fingerprint density at radius 1 is 1.65 bits per heavy atom. The number of H-pyrrole nitrogens is 1. The van der Waals surface area contributed by atoms with Crippen LogP contribution in [-0.2, 0) is 4.74 Å². The van der Waals surface area contributed by atoms with E-state index >= 15 is 0 Å². The normalized spacial score (nSPS) is 25.9. The first-order valence-corrected chi connectivity index (χ1v) is 6.81. The highest BCUT2D eigenvalue weighted by atomic mass is 79.9. The molecule has 0 aliphatic carbocycles. The Kier molecular flexibility index (Phi) is 4.54. The molecular formula is C12H12BrN3O4. The molecule has 0 unspecified atom stereocenters. The molecule has 0 spiro atoms. The first-order valence-electron chi connectivity index (χ1n) is 5.89. The molecule has 0 radical (unpaired) electrons. The summed E-state index contributed by atoms with van der Waals surface area (Å²) in [6.45, 7) is 0. The summed E-state index contributed by atoms with van der Waals surface area (Å²) in [5.74, 6) is 0. The largest absolute Gasteiger partial charge is 0.390 e. The van der Waals surface area contributed by atoms with Gasteiger partial charge in [-0.15, -0.1) is 0 Å². The van der Waals surface area contributed by atoms with Crippen LogP contribution in [0.2, 0.25) is 0 Å². The zero-order valence-electron chi connectivity index (χ0n) is 10.3. The van der Waals surface area contributed by atoms with Crippen LogP contribution in [0.1, 0.15) is 24.6 Å². The maximum Gasteiger partial charge on any atom is 0.330 e. The fraction of sp³-hybridized carbons (Fsp3) is 0.417. The molecule has 1 saturated heterocycles. The van der Waals surface area contributed by atoms with Gasteiger partial charge in [-0.1, -0.05) is 15.9 Å². The number of nitriles is 1. The Labute approximate surface area is 122 Å². The number of aliphatic hydroxyl groups is 1. The van der Waals surface area contributed by atoms with Gasteiger partial charge in [0.2, 0.25) is 0 Å². The van der Waals surface area contributed by atoms with Crippen molar-refractivity contribution in [3.05, 3.63) is 37.6 Å². The van der Waals surface area contributed by atoms with Crippen molar-refractivity contribution in [2.24, 2.45) is 0 Å². The van der Waals surface area contributed by atoms with Crippen molar-refractivity contribution in [3.8, 4) is 6.07 Å². The minimum Gasteiger partial charge on any atom is -0.390 e. The van der Waals surface area contributed by atoms with Crippen molar-refractivity contribution in [3.63, 3.8) is 0 Å². The zero-order valence-corrected chi connectivity index (χ0v) is 11.9. The van der Waals surface area contributed by atoms with Gasteiger partial charge in [0.1, 0.15) is 6.23 Å². The van der Waals surface area contributed by atoms with Crippen LogP contribution in [0.3, 0.4) is 0 Å². The van der Waals surface area contributed by atoms with Crippen molar-refractivity contribution in [1.29, 1.82) is 5.26 Å². The summed E-state index contributed by atoms with van der Waals surface area (Å²) in [4.78, 5) is 27.0. The summed E-state index contributed by atoms with van der Waals surface area (Å²) in [6.07, 6.45) is 0.959. The topological polar surface area (TPSA) is 108 Å². The molecule has 0 saturated carbocycles. The Hall–Kier alpha value is -1.69. The molecule has 1 aliphatic heterocycles. The number of nitrogens with one attached hydrogen (secondary N) is 1. The maximum absolute atomic E-state index is 11.8. The molecule has 1 aromatic heterocycles. The smallest absolute Gasteiger partial charge is 0.330 e. The molecule has 0 bridgehead atoms. The van der Waals surface area contributed by atoms with E-state index in [0.29, 0.717) is 0 Å². The van der Waals surface area contributed by atoms with Crippen LogP contribution in [0, 0.1) is 11.3 Å². The molecule has 8 heteroatoms. The standard InChI is InChI=1S/C12H12BrN3O4/c13-3-1-7-6-16(12(19)15-11(7)18)10-5-8(17)9(20-10)2-4-14/h1,3,6,8-10,17H,2,5H2,(H,15,18,19)/t8-,9+,10+/m0/s1. The summed E-state index contributed by atoms with van der Waals surface area (Å²) in [5.41, 5.74) is -0.839. The molecule has 106 valence electrons. The van der Waals surface area contributed by atoms with Crippen molar-refractivity contribution in [2.75, 3.05) is 0 Å². The minimum atomic E-state index is -0.811. The SMILES string of the molecule is N#CC[C@H]1O[C@@H](n2cc(C=CBr)c(=O)[nH]c2=O)C[C@@H]1O. The van der Waals surface area contributed by atoms with Crippen LogP contribution in [0.5, 0.6) is 0 Å². The lowest BCUT2D eigenvalue weighted by atomic mass is 10.1. The number of nitrogens with zero attached hydrogens (tertiary/aromatic N) is 2. The van der Waals surface area contributed by atoms with Crippen LogP contribution < -0.4 is 11.2 Å². The van der Waals surface area contributed by atoms with Gasteiger partial charge in [0.05, 0.1) is 30.3 Å². The number of hydrogen-bond donors (Lipinski definition) is 2. The minimum absolute atomic E-state index is 0.0456. The van der Waals surface area contributed by atoms with Crippen LogP contribution in [0.25, 0.3) is 6.08 Å². The molecule has 0 aromatic carbocycles. The van der Waals surface area contributed by atoms with Gasteiger partial charge in [-0.2, -0.15) is 5.26 Å². The van der Waals surface area contributed by atoms with Crippen LogP contribution in [0.15, 0.2) is 20.8 Å². The Balaban J connectivity index is 2.35. The summed E-state index contributed by atoms with van der Waals surface area (Å²) >= 11 is 3.06. The summed E-state index contributed by atoms with van der Waals surface area (Å²) in [7, 11) is 0. The quantitative estimate of drug-likeness (QED) is 0.830. The predicted molar refractivity (Wildman–Crippen MR) is 74.0 cm³/mol. The van der Waals surface area contributed by atoms with Gasteiger partial charge < -0.3 is 9.84 Å². The van der Waals surface area contributed by atoms with Gasteiger partial charge in [-0.3, -0.25) is 14.3 Å². The van der Waals surface area contributed by atoms with Gasteiger partial charge >= 0.3 is 5.69 Å². The highest BCUT2D eigenvalue weighted by Gasteiger charge is 2.35. The second-order valence-electron chi connectivity index (χ2n) is 4.34. The Bertz CT molecular complexity index is 673. The van der Waals surface area contributed by atoms with Crippen molar-refractivity contribution < 1.29 is 9.84 Å². The fourth-order valence-corrected chi connectivity index (χ4v) is 2.35. The molecule has 2 rings (SSSR count). The fourth-order valence-electron chi connectivity index (χ4n) is 2.06. The molecule has 0 amide bonds. The third kappa shape index (κ3) is 2.90. The Morgan fingerprint density at radius 2 is 2.40 bits per heavy atom. The van der Waals surface area contributed by atoms with E-state index in [4.69, 9.17) is 10.00 Å². The summed E-state index contributed by atoms with van der Waals surface area (Å²) in [5, 5.41) is 18.4. The van der Waals surface area contributed by atoms with E-state index in [1.165, 1.54) is 21.8 Å². The monoisotopic (exact) mass is 341 g/mol. The predicted octanol–water partition coefficient (Wildman–Crippen LogP) is 0.464. The van der Waals surface area contributed by atoms with Gasteiger partial charge in [0.15, 0.2) is 0 Å². The first kappa shape index (κ1) is 14.7. The molecule has 3 atom stereocenters. The van der Waals surface area contributed by atoms with Gasteiger partial charge in [0.25, 0.3) is 5.56 Å². The second kappa shape index (κ2) is 6.17. The molecule has 1 aromatic rings. The third-order valence-electron chi connectivity index (χ3n) is 3.04. The van der Waals surface area contributed by atoms with E-state index in [9.17, 15) is 14.7 Å². The van der Waals surface area contributed by atoms with Crippen LogP contribution in [0.4, 0.5) is 0 Å². The number of halogens is 1. The lowest BCUT2D eigenvalue weighted by Crippen LogP contribution is -2.33. The van der Waals surface area contributed by atoms with E-state index in [1.54, 1.807) is 0 Å². The molecule has 2 heterocycles. The van der Waals surface area contributed by atoms with Gasteiger partial charge in [0, 0.05) is 12.6 Å². The molecule has 1 aliphatic rings. The molecule has 1 fully saturated rings. The van der Waals surface area contributed by atoms with E-state index < -0.39 is 29.7 Å². The highest BCUT2D eigenvalue weighted by Crippen LogP contribution is 2.29. The lowest BCUT2D eigenvalue weighted by Gasteiger charge is -2.14. The third-order valence-corrected chi connectivity index (χ3v) is 3.31. The average molecular weight is 342 g/mol. The molecule has 2 N–H and O–H groups in total. The number of ether oxygens (including phenoxy) is 1. The van der Waals surface area contributed by atoms with Crippen molar-refractivity contribution >= 4 is 22.0 Å². The number of rotatable bonds is 3. The Morgan fingerprint density at radius 3 is 3.05 bits per heavy atom. The van der Waals surface area contributed by atoms with Crippen LogP contribution in [-0.4, -0.2) is 26.9 Å². The summed E-state index contributed by atoms with van der Waals surface area (Å²) in [6, 6.07) is 1.92. The van der Waals surface area contributed by atoms with E-state index in [0.717, 1.165) is 0 Å². The lowest BCUT2D eigenvalue weighted by molar-refractivity contribution is -0.0175. The van der Waals surface area contributed by atoms with E-state index in [2.05, 4.69) is 20.9 Å². The van der Waals surface area contributed by atoms with Gasteiger partial charge in [-0.05, 0) is 11.1 Å². The number of aromatic nitrogens is 2. The summed E-state index contributed by atoms with van der Waals surface area (Å²) < 4.78 is 6.70. The number of hydrogen-bond acceptors (Lipinski definition) is 5. The second-order valence-corrected chi connectivity index (χ2v) is 4.87. The van der Waals surface area contributed by atoms with E-state index in [-0.39, 0.29) is 18.4 Å². The number of aromatic amines is 1. The molecule has 20 heavy (non-hydrogen) atoms. The molecular weight excluding hydrogens is 330 g/mol. The van der Waals surface area contributed by atoms with Crippen molar-refractivity contribution in [1.82, 2.24) is 9.55 Å². The maximum atomic E-state index is 11.8. The average Bonchev–Trinajstić information content (AvgIpc) is 2.75. The molecule has 7 nitrogen and oxygen atoms in total. The van der Waals surface area contributed by atoms with Crippen LogP contribution >= 0.6 is 15.9 Å². The zero-order chi connectivity index (χ0) is 14.7.